The molecule has 0 bridgehead atoms. The van der Waals surface area contributed by atoms with Crippen molar-refractivity contribution in [2.45, 2.75) is 6.54 Å². The van der Waals surface area contributed by atoms with Gasteiger partial charge in [0, 0.05) is 19.4 Å². The lowest BCUT2D eigenvalue weighted by atomic mass is 10.4. The van der Waals surface area contributed by atoms with Gasteiger partial charge in [0.05, 0.1) is 17.3 Å². The van der Waals surface area contributed by atoms with Crippen molar-refractivity contribution in [2.24, 2.45) is 7.05 Å². The Morgan fingerprint density at radius 1 is 1.33 bits per heavy atom. The summed E-state index contributed by atoms with van der Waals surface area (Å²) in [4.78, 5) is 4.34. The molecule has 0 atom stereocenters. The van der Waals surface area contributed by atoms with Gasteiger partial charge in [-0.2, -0.15) is 10.1 Å². The van der Waals surface area contributed by atoms with Gasteiger partial charge in [-0.1, -0.05) is 11.6 Å². The predicted octanol–water partition coefficient (Wildman–Crippen LogP) is 1.73. The van der Waals surface area contributed by atoms with Gasteiger partial charge in [-0.15, -0.1) is 5.10 Å². The molecule has 0 spiro atoms. The SMILES string of the molecule is Cn1nccc1CNc1nc2ccc(Cl)cn2n1. The Bertz CT molecular complexity index is 686. The van der Waals surface area contributed by atoms with E-state index in [9.17, 15) is 0 Å². The van der Waals surface area contributed by atoms with Crippen LogP contribution in [0.2, 0.25) is 5.02 Å². The third-order valence-corrected chi connectivity index (χ3v) is 2.87. The molecule has 0 radical (unpaired) electrons. The highest BCUT2D eigenvalue weighted by molar-refractivity contribution is 6.30. The van der Waals surface area contributed by atoms with Gasteiger partial charge in [0.25, 0.3) is 0 Å². The molecule has 6 nitrogen and oxygen atoms in total. The van der Waals surface area contributed by atoms with Gasteiger partial charge in [-0.25, -0.2) is 4.52 Å². The van der Waals surface area contributed by atoms with Crippen LogP contribution in [0.4, 0.5) is 5.95 Å². The second-order valence-corrected chi connectivity index (χ2v) is 4.32. The molecule has 0 saturated carbocycles. The number of nitrogens with zero attached hydrogens (tertiary/aromatic N) is 5. The molecule has 7 heteroatoms. The number of anilines is 1. The minimum Gasteiger partial charge on any atom is -0.347 e. The van der Waals surface area contributed by atoms with E-state index in [0.29, 0.717) is 17.5 Å². The van der Waals surface area contributed by atoms with Crippen LogP contribution in [0.25, 0.3) is 5.65 Å². The van der Waals surface area contributed by atoms with Crippen LogP contribution < -0.4 is 5.32 Å². The highest BCUT2D eigenvalue weighted by atomic mass is 35.5. The van der Waals surface area contributed by atoms with E-state index in [-0.39, 0.29) is 0 Å². The van der Waals surface area contributed by atoms with E-state index >= 15 is 0 Å². The minimum atomic E-state index is 0.568. The topological polar surface area (TPSA) is 60.0 Å². The number of pyridine rings is 1. The molecule has 0 fully saturated rings. The molecule has 0 aromatic carbocycles. The fraction of sp³-hybridized carbons (Fsp3) is 0.182. The van der Waals surface area contributed by atoms with E-state index in [4.69, 9.17) is 11.6 Å². The van der Waals surface area contributed by atoms with Crippen LogP contribution in [0.5, 0.6) is 0 Å². The summed E-state index contributed by atoms with van der Waals surface area (Å²) in [5.41, 5.74) is 1.82. The first kappa shape index (κ1) is 11.0. The number of hydrogen-bond acceptors (Lipinski definition) is 4. The van der Waals surface area contributed by atoms with Gasteiger partial charge in [-0.05, 0) is 18.2 Å². The van der Waals surface area contributed by atoms with E-state index in [1.807, 2.05) is 19.2 Å². The van der Waals surface area contributed by atoms with Crippen LogP contribution in [0, 0.1) is 0 Å². The van der Waals surface area contributed by atoms with Gasteiger partial charge >= 0.3 is 0 Å². The summed E-state index contributed by atoms with van der Waals surface area (Å²) in [6.07, 6.45) is 3.48. The number of rotatable bonds is 3. The van der Waals surface area contributed by atoms with Crippen LogP contribution >= 0.6 is 11.6 Å². The van der Waals surface area contributed by atoms with Gasteiger partial charge in [0.1, 0.15) is 0 Å². The molecule has 92 valence electrons. The molecular formula is C11H11ClN6. The van der Waals surface area contributed by atoms with Crippen molar-refractivity contribution in [2.75, 3.05) is 5.32 Å². The van der Waals surface area contributed by atoms with Crippen LogP contribution in [-0.4, -0.2) is 24.4 Å². The first-order valence-corrected chi connectivity index (χ1v) is 5.83. The third-order valence-electron chi connectivity index (χ3n) is 2.64. The quantitative estimate of drug-likeness (QED) is 0.781. The zero-order chi connectivity index (χ0) is 12.5. The Hall–Kier alpha value is -2.08. The average Bonchev–Trinajstić information content (AvgIpc) is 2.92. The monoisotopic (exact) mass is 262 g/mol. The maximum absolute atomic E-state index is 5.89. The van der Waals surface area contributed by atoms with E-state index in [1.54, 1.807) is 27.7 Å². The first-order chi connectivity index (χ1) is 8.72. The molecule has 0 aliphatic heterocycles. The number of aryl methyl sites for hydroxylation is 1. The zero-order valence-corrected chi connectivity index (χ0v) is 10.5. The normalized spacial score (nSPS) is 11.0. The van der Waals surface area contributed by atoms with Crippen molar-refractivity contribution in [1.29, 1.82) is 0 Å². The Labute approximate surface area is 108 Å². The molecular weight excluding hydrogens is 252 g/mol. The summed E-state index contributed by atoms with van der Waals surface area (Å²) in [5.74, 6) is 0.568. The summed E-state index contributed by atoms with van der Waals surface area (Å²) in [5, 5.41) is 12.2. The van der Waals surface area contributed by atoms with Gasteiger partial charge in [0.15, 0.2) is 5.65 Å². The molecule has 0 saturated heterocycles. The smallest absolute Gasteiger partial charge is 0.243 e. The number of hydrogen-bond donors (Lipinski definition) is 1. The fourth-order valence-corrected chi connectivity index (χ4v) is 1.83. The Balaban J connectivity index is 1.81. The van der Waals surface area contributed by atoms with Crippen LogP contribution in [-0.2, 0) is 13.6 Å². The Kier molecular flexibility index (Phi) is 2.64. The maximum atomic E-state index is 5.89. The van der Waals surface area contributed by atoms with Gasteiger partial charge in [-0.3, -0.25) is 4.68 Å². The molecule has 0 amide bonds. The van der Waals surface area contributed by atoms with Crippen molar-refractivity contribution in [3.8, 4) is 0 Å². The molecule has 0 aliphatic rings. The van der Waals surface area contributed by atoms with E-state index in [1.165, 1.54) is 0 Å². The predicted molar refractivity (Wildman–Crippen MR) is 68.5 cm³/mol. The zero-order valence-electron chi connectivity index (χ0n) is 9.71. The van der Waals surface area contributed by atoms with Crippen molar-refractivity contribution in [3.63, 3.8) is 0 Å². The summed E-state index contributed by atoms with van der Waals surface area (Å²) in [7, 11) is 1.90. The molecule has 0 unspecified atom stereocenters. The number of nitrogens with one attached hydrogen (secondary N) is 1. The lowest BCUT2D eigenvalue weighted by molar-refractivity contribution is 0.719. The van der Waals surface area contributed by atoms with Crippen molar-refractivity contribution in [3.05, 3.63) is 41.3 Å². The van der Waals surface area contributed by atoms with Gasteiger partial charge in [0.2, 0.25) is 5.95 Å². The van der Waals surface area contributed by atoms with E-state index in [0.717, 1.165) is 11.3 Å². The number of aromatic nitrogens is 5. The standard InChI is InChI=1S/C11H11ClN6/c1-17-9(4-5-14-17)6-13-11-15-10-3-2-8(12)7-18(10)16-11/h2-5,7H,6H2,1H3,(H,13,16). The highest BCUT2D eigenvalue weighted by Gasteiger charge is 2.04. The lowest BCUT2D eigenvalue weighted by Gasteiger charge is -2.01. The van der Waals surface area contributed by atoms with Crippen molar-refractivity contribution >= 4 is 23.2 Å². The van der Waals surface area contributed by atoms with E-state index < -0.39 is 0 Å². The fourth-order valence-electron chi connectivity index (χ4n) is 1.68. The Morgan fingerprint density at radius 2 is 2.22 bits per heavy atom. The summed E-state index contributed by atoms with van der Waals surface area (Å²) >= 11 is 5.89. The van der Waals surface area contributed by atoms with Crippen LogP contribution in [0.15, 0.2) is 30.6 Å². The van der Waals surface area contributed by atoms with Crippen molar-refractivity contribution < 1.29 is 0 Å². The summed E-state index contributed by atoms with van der Waals surface area (Å²) < 4.78 is 3.45. The molecule has 18 heavy (non-hydrogen) atoms. The highest BCUT2D eigenvalue weighted by Crippen LogP contribution is 2.11. The molecule has 3 aromatic rings. The molecule has 3 aromatic heterocycles. The van der Waals surface area contributed by atoms with Crippen LogP contribution in [0.1, 0.15) is 5.69 Å². The maximum Gasteiger partial charge on any atom is 0.243 e. The number of halogens is 1. The van der Waals surface area contributed by atoms with Crippen LogP contribution in [0.3, 0.4) is 0 Å². The molecule has 3 heterocycles. The largest absolute Gasteiger partial charge is 0.347 e. The van der Waals surface area contributed by atoms with Gasteiger partial charge < -0.3 is 5.32 Å². The van der Waals surface area contributed by atoms with E-state index in [2.05, 4.69) is 20.5 Å². The summed E-state index contributed by atoms with van der Waals surface area (Å²) in [6.45, 7) is 0.626. The first-order valence-electron chi connectivity index (χ1n) is 5.45. The average molecular weight is 263 g/mol. The minimum absolute atomic E-state index is 0.568. The summed E-state index contributed by atoms with van der Waals surface area (Å²) in [6, 6.07) is 5.56. The second kappa shape index (κ2) is 4.30. The molecule has 0 aliphatic carbocycles. The molecule has 1 N–H and O–H groups in total. The Morgan fingerprint density at radius 3 is 3.00 bits per heavy atom. The second-order valence-electron chi connectivity index (χ2n) is 3.89. The lowest BCUT2D eigenvalue weighted by Crippen LogP contribution is -2.06. The molecule has 3 rings (SSSR count). The van der Waals surface area contributed by atoms with Crippen molar-refractivity contribution in [1.82, 2.24) is 24.4 Å². The number of fused-ring (bicyclic) bond motifs is 1. The third kappa shape index (κ3) is 2.02.